The van der Waals surface area contributed by atoms with Crippen LogP contribution in [0.15, 0.2) is 24.3 Å². The zero-order valence-electron chi connectivity index (χ0n) is 11.8. The summed E-state index contributed by atoms with van der Waals surface area (Å²) in [6.07, 6.45) is 0.308. The van der Waals surface area contributed by atoms with Gasteiger partial charge in [-0.3, -0.25) is 4.90 Å². The molecule has 1 fully saturated rings. The van der Waals surface area contributed by atoms with Crippen molar-refractivity contribution < 1.29 is 9.90 Å². The lowest BCUT2D eigenvalue weighted by Gasteiger charge is -2.21. The molecule has 1 aromatic rings. The number of anilines is 1. The molecular formula is C15H22N2O2. The molecule has 1 aliphatic rings. The van der Waals surface area contributed by atoms with E-state index in [4.69, 9.17) is 0 Å². The van der Waals surface area contributed by atoms with Crippen LogP contribution in [-0.4, -0.2) is 41.3 Å². The first-order chi connectivity index (χ1) is 8.99. The number of nitrogens with zero attached hydrogens (tertiary/aromatic N) is 2. The van der Waals surface area contributed by atoms with Crippen LogP contribution in [0.2, 0.25) is 0 Å². The van der Waals surface area contributed by atoms with E-state index < -0.39 is 0 Å². The number of amides is 2. The lowest BCUT2D eigenvalue weighted by atomic mass is 10.1. The molecule has 4 heteroatoms. The summed E-state index contributed by atoms with van der Waals surface area (Å²) in [5.41, 5.74) is 2.02. The molecule has 1 atom stereocenters. The molecule has 1 aliphatic heterocycles. The number of carbonyl (C=O) groups is 1. The zero-order valence-corrected chi connectivity index (χ0v) is 11.8. The van der Waals surface area contributed by atoms with Crippen LogP contribution in [-0.2, 0) is 6.42 Å². The molecule has 1 unspecified atom stereocenters. The minimum Gasteiger partial charge on any atom is -0.393 e. The van der Waals surface area contributed by atoms with E-state index in [-0.39, 0.29) is 18.2 Å². The van der Waals surface area contributed by atoms with Gasteiger partial charge in [-0.05, 0) is 44.9 Å². The van der Waals surface area contributed by atoms with Gasteiger partial charge in [0.05, 0.1) is 6.10 Å². The van der Waals surface area contributed by atoms with E-state index in [0.29, 0.717) is 6.42 Å². The maximum Gasteiger partial charge on any atom is 0.324 e. The average molecular weight is 262 g/mol. The van der Waals surface area contributed by atoms with Crippen LogP contribution in [0.4, 0.5) is 10.5 Å². The molecule has 19 heavy (non-hydrogen) atoms. The largest absolute Gasteiger partial charge is 0.393 e. The fourth-order valence-corrected chi connectivity index (χ4v) is 2.43. The summed E-state index contributed by atoms with van der Waals surface area (Å²) < 4.78 is 0. The summed E-state index contributed by atoms with van der Waals surface area (Å²) in [5, 5.41) is 9.35. The van der Waals surface area contributed by atoms with Gasteiger partial charge in [0.1, 0.15) is 0 Å². The van der Waals surface area contributed by atoms with Gasteiger partial charge in [-0.15, -0.1) is 0 Å². The molecule has 1 aromatic carbocycles. The summed E-state index contributed by atoms with van der Waals surface area (Å²) in [6, 6.07) is 8.20. The fraction of sp³-hybridized carbons (Fsp3) is 0.533. The van der Waals surface area contributed by atoms with Crippen molar-refractivity contribution in [3.8, 4) is 0 Å². The maximum atomic E-state index is 12.2. The van der Waals surface area contributed by atoms with Crippen LogP contribution in [0.3, 0.4) is 0 Å². The smallest absolute Gasteiger partial charge is 0.324 e. The molecule has 0 saturated carbocycles. The van der Waals surface area contributed by atoms with Gasteiger partial charge in [0, 0.05) is 24.8 Å². The molecule has 1 saturated heterocycles. The zero-order chi connectivity index (χ0) is 14.0. The molecule has 0 radical (unpaired) electrons. The van der Waals surface area contributed by atoms with E-state index in [9.17, 15) is 9.90 Å². The highest BCUT2D eigenvalue weighted by Gasteiger charge is 2.30. The van der Waals surface area contributed by atoms with Gasteiger partial charge >= 0.3 is 6.03 Å². The van der Waals surface area contributed by atoms with Gasteiger partial charge in [0.25, 0.3) is 0 Å². The number of aliphatic hydroxyl groups is 1. The van der Waals surface area contributed by atoms with E-state index in [0.717, 1.165) is 24.3 Å². The van der Waals surface area contributed by atoms with E-state index in [1.54, 1.807) is 6.92 Å². The quantitative estimate of drug-likeness (QED) is 0.904. The van der Waals surface area contributed by atoms with Crippen LogP contribution < -0.4 is 4.90 Å². The number of benzene rings is 1. The van der Waals surface area contributed by atoms with E-state index in [1.807, 2.05) is 47.9 Å². The maximum absolute atomic E-state index is 12.2. The number of rotatable bonds is 4. The average Bonchev–Trinajstić information content (AvgIpc) is 2.71. The second-order valence-corrected chi connectivity index (χ2v) is 5.44. The van der Waals surface area contributed by atoms with Crippen molar-refractivity contribution in [1.29, 1.82) is 0 Å². The predicted octanol–water partition coefficient (Wildman–Crippen LogP) is 2.26. The Kier molecular flexibility index (Phi) is 4.10. The monoisotopic (exact) mass is 262 g/mol. The van der Waals surface area contributed by atoms with Crippen molar-refractivity contribution in [3.05, 3.63) is 29.8 Å². The second-order valence-electron chi connectivity index (χ2n) is 5.44. The summed E-state index contributed by atoms with van der Waals surface area (Å²) >= 11 is 0. The molecule has 0 spiro atoms. The molecule has 0 bridgehead atoms. The third-order valence-electron chi connectivity index (χ3n) is 3.44. The molecule has 1 heterocycles. The van der Waals surface area contributed by atoms with Crippen molar-refractivity contribution in [3.63, 3.8) is 0 Å². The summed E-state index contributed by atoms with van der Waals surface area (Å²) in [7, 11) is 0. The molecule has 0 aromatic heterocycles. The summed E-state index contributed by atoms with van der Waals surface area (Å²) in [6.45, 7) is 7.37. The number of urea groups is 1. The first-order valence-electron chi connectivity index (χ1n) is 6.84. The van der Waals surface area contributed by atoms with Gasteiger partial charge in [0.2, 0.25) is 0 Å². The van der Waals surface area contributed by atoms with Crippen LogP contribution in [0, 0.1) is 0 Å². The lowest BCUT2D eigenvalue weighted by molar-refractivity contribution is 0.195. The Morgan fingerprint density at radius 1 is 1.16 bits per heavy atom. The van der Waals surface area contributed by atoms with Gasteiger partial charge in [-0.25, -0.2) is 4.79 Å². The summed E-state index contributed by atoms with van der Waals surface area (Å²) in [4.78, 5) is 15.9. The molecule has 1 N–H and O–H groups in total. The van der Waals surface area contributed by atoms with Crippen molar-refractivity contribution in [1.82, 2.24) is 4.90 Å². The normalized spacial score (nSPS) is 17.4. The first kappa shape index (κ1) is 13.9. The van der Waals surface area contributed by atoms with Crippen molar-refractivity contribution in [2.75, 3.05) is 18.0 Å². The van der Waals surface area contributed by atoms with Gasteiger partial charge in [-0.1, -0.05) is 12.1 Å². The van der Waals surface area contributed by atoms with Crippen LogP contribution in [0.25, 0.3) is 0 Å². The Morgan fingerprint density at radius 2 is 1.79 bits per heavy atom. The first-order valence-corrected chi connectivity index (χ1v) is 6.84. The molecule has 4 nitrogen and oxygen atoms in total. The van der Waals surface area contributed by atoms with Crippen LogP contribution in [0.1, 0.15) is 26.3 Å². The highest BCUT2D eigenvalue weighted by molar-refractivity contribution is 5.94. The number of carbonyl (C=O) groups excluding carboxylic acids is 1. The highest BCUT2D eigenvalue weighted by Crippen LogP contribution is 2.22. The fourth-order valence-electron chi connectivity index (χ4n) is 2.43. The third kappa shape index (κ3) is 3.07. The topological polar surface area (TPSA) is 43.8 Å². The van der Waals surface area contributed by atoms with Gasteiger partial charge in [0.15, 0.2) is 0 Å². The van der Waals surface area contributed by atoms with Gasteiger partial charge in [-0.2, -0.15) is 0 Å². The molecule has 2 amide bonds. The van der Waals surface area contributed by atoms with Crippen LogP contribution in [0.5, 0.6) is 0 Å². The van der Waals surface area contributed by atoms with E-state index in [1.165, 1.54) is 0 Å². The van der Waals surface area contributed by atoms with Crippen molar-refractivity contribution >= 4 is 11.7 Å². The molecule has 2 rings (SSSR count). The Hall–Kier alpha value is -1.55. The Labute approximate surface area is 114 Å². The predicted molar refractivity (Wildman–Crippen MR) is 76.4 cm³/mol. The molecule has 104 valence electrons. The van der Waals surface area contributed by atoms with Crippen molar-refractivity contribution in [2.24, 2.45) is 0 Å². The standard InChI is InChI=1S/C15H22N2O2/c1-11(2)16-8-9-17(15(16)19)14-6-4-13(5-7-14)10-12(3)18/h4-7,11-12,18H,8-10H2,1-3H3. The highest BCUT2D eigenvalue weighted by atomic mass is 16.3. The minimum absolute atomic E-state index is 0.0817. The third-order valence-corrected chi connectivity index (χ3v) is 3.44. The van der Waals surface area contributed by atoms with Crippen LogP contribution >= 0.6 is 0 Å². The van der Waals surface area contributed by atoms with E-state index >= 15 is 0 Å². The molecule has 0 aliphatic carbocycles. The Morgan fingerprint density at radius 3 is 2.26 bits per heavy atom. The Bertz CT molecular complexity index is 440. The van der Waals surface area contributed by atoms with E-state index in [2.05, 4.69) is 0 Å². The number of hydrogen-bond donors (Lipinski definition) is 1. The van der Waals surface area contributed by atoms with Crippen molar-refractivity contribution in [2.45, 2.75) is 39.3 Å². The molecular weight excluding hydrogens is 240 g/mol. The number of aliphatic hydroxyl groups excluding tert-OH is 1. The van der Waals surface area contributed by atoms with Gasteiger partial charge < -0.3 is 10.0 Å². The lowest BCUT2D eigenvalue weighted by Crippen LogP contribution is -2.36. The SMILES string of the molecule is CC(O)Cc1ccc(N2CCN(C(C)C)C2=O)cc1. The minimum atomic E-state index is -0.337. The number of hydrogen-bond acceptors (Lipinski definition) is 2. The Balaban J connectivity index is 2.09. The summed E-state index contributed by atoms with van der Waals surface area (Å²) in [5.74, 6) is 0. The second kappa shape index (κ2) is 5.61.